The average molecular weight is 334 g/mol. The molecule has 4 aromatic rings. The molecule has 0 amide bonds. The predicted molar refractivity (Wildman–Crippen MR) is 96.5 cm³/mol. The molecule has 0 aliphatic carbocycles. The van der Waals surface area contributed by atoms with Gasteiger partial charge < -0.3 is 4.74 Å². The first-order valence-corrected chi connectivity index (χ1v) is 8.40. The van der Waals surface area contributed by atoms with Crippen LogP contribution in [-0.4, -0.2) is 22.4 Å². The van der Waals surface area contributed by atoms with Gasteiger partial charge in [-0.15, -0.1) is 11.3 Å². The van der Waals surface area contributed by atoms with Crippen molar-refractivity contribution in [2.75, 3.05) is 6.61 Å². The Morgan fingerprint density at radius 3 is 2.75 bits per heavy atom. The highest BCUT2D eigenvalue weighted by Crippen LogP contribution is 2.32. The first-order chi connectivity index (χ1) is 11.7. The summed E-state index contributed by atoms with van der Waals surface area (Å²) in [5, 5.41) is 1.85. The molecule has 0 saturated heterocycles. The van der Waals surface area contributed by atoms with Crippen LogP contribution in [0, 0.1) is 0 Å². The minimum absolute atomic E-state index is 0.0191. The lowest BCUT2D eigenvalue weighted by Crippen LogP contribution is -2.07. The molecule has 0 aliphatic heterocycles. The van der Waals surface area contributed by atoms with Gasteiger partial charge in [0.15, 0.2) is 5.78 Å². The molecule has 0 spiro atoms. The van der Waals surface area contributed by atoms with Crippen molar-refractivity contribution >= 4 is 38.2 Å². The van der Waals surface area contributed by atoms with Gasteiger partial charge in [-0.1, -0.05) is 30.3 Å². The molecular weight excluding hydrogens is 320 g/mol. The zero-order chi connectivity index (χ0) is 16.5. The molecule has 118 valence electrons. The van der Waals surface area contributed by atoms with Gasteiger partial charge in [-0.2, -0.15) is 0 Å². The number of nitrogens with zero attached hydrogens (tertiary/aromatic N) is 2. The Kier molecular flexibility index (Phi) is 3.70. The van der Waals surface area contributed by atoms with E-state index in [1.807, 2.05) is 48.5 Å². The number of benzene rings is 2. The second kappa shape index (κ2) is 6.02. The van der Waals surface area contributed by atoms with E-state index in [1.54, 1.807) is 11.3 Å². The maximum atomic E-state index is 11.2. The molecule has 4 rings (SSSR count). The van der Waals surface area contributed by atoms with E-state index >= 15 is 0 Å². The number of rotatable bonds is 4. The highest BCUT2D eigenvalue weighted by atomic mass is 32.1. The standard InChI is InChI=1S/C19H14N2O2S/c1-12(22)11-23-16-7-4-5-13-9-10-15(20-18(13)16)19-21-14-6-2-3-8-17(14)24-19/h2-10H,11H2,1H3. The smallest absolute Gasteiger partial charge is 0.167 e. The van der Waals surface area contributed by atoms with Gasteiger partial charge in [0.25, 0.3) is 0 Å². The number of ketones is 1. The number of hydrogen-bond donors (Lipinski definition) is 0. The lowest BCUT2D eigenvalue weighted by atomic mass is 10.2. The van der Waals surface area contributed by atoms with E-state index in [0.29, 0.717) is 5.75 Å². The number of Topliss-reactive ketones (excluding diaryl/α,β-unsaturated/α-hetero) is 1. The molecule has 0 atom stereocenters. The van der Waals surface area contributed by atoms with E-state index in [4.69, 9.17) is 9.72 Å². The van der Waals surface area contributed by atoms with Crippen molar-refractivity contribution < 1.29 is 9.53 Å². The lowest BCUT2D eigenvalue weighted by molar-refractivity contribution is -0.118. The number of carbonyl (C=O) groups is 1. The fraction of sp³-hybridized carbons (Fsp3) is 0.105. The van der Waals surface area contributed by atoms with Crippen LogP contribution in [0.15, 0.2) is 54.6 Å². The number of carbonyl (C=O) groups excluding carboxylic acids is 1. The highest BCUT2D eigenvalue weighted by molar-refractivity contribution is 7.21. The first kappa shape index (κ1) is 14.8. The van der Waals surface area contributed by atoms with Crippen molar-refractivity contribution in [2.24, 2.45) is 0 Å². The molecule has 2 aromatic heterocycles. The third-order valence-corrected chi connectivity index (χ3v) is 4.69. The van der Waals surface area contributed by atoms with Gasteiger partial charge in [0.2, 0.25) is 0 Å². The maximum absolute atomic E-state index is 11.2. The van der Waals surface area contributed by atoms with Crippen LogP contribution in [0.4, 0.5) is 0 Å². The van der Waals surface area contributed by atoms with Crippen LogP contribution in [0.2, 0.25) is 0 Å². The highest BCUT2D eigenvalue weighted by Gasteiger charge is 2.10. The molecular formula is C19H14N2O2S. The van der Waals surface area contributed by atoms with Gasteiger partial charge in [0, 0.05) is 5.39 Å². The third kappa shape index (κ3) is 2.74. The molecule has 0 bridgehead atoms. The van der Waals surface area contributed by atoms with E-state index < -0.39 is 0 Å². The first-order valence-electron chi connectivity index (χ1n) is 7.59. The maximum Gasteiger partial charge on any atom is 0.167 e. The third-order valence-electron chi connectivity index (χ3n) is 3.63. The summed E-state index contributed by atoms with van der Waals surface area (Å²) in [6.07, 6.45) is 0. The Morgan fingerprint density at radius 1 is 1.04 bits per heavy atom. The van der Waals surface area contributed by atoms with Crippen molar-refractivity contribution in [3.63, 3.8) is 0 Å². The monoisotopic (exact) mass is 334 g/mol. The normalized spacial score (nSPS) is 11.0. The van der Waals surface area contributed by atoms with Crippen LogP contribution < -0.4 is 4.74 Å². The minimum atomic E-state index is -0.0191. The van der Waals surface area contributed by atoms with Gasteiger partial charge in [-0.25, -0.2) is 9.97 Å². The minimum Gasteiger partial charge on any atom is -0.484 e. The molecule has 5 heteroatoms. The van der Waals surface area contributed by atoms with Crippen molar-refractivity contribution in [1.29, 1.82) is 0 Å². The molecule has 24 heavy (non-hydrogen) atoms. The van der Waals surface area contributed by atoms with E-state index in [9.17, 15) is 4.79 Å². The van der Waals surface area contributed by atoms with E-state index in [2.05, 4.69) is 11.1 Å². The summed E-state index contributed by atoms with van der Waals surface area (Å²) in [7, 11) is 0. The second-order valence-corrected chi connectivity index (χ2v) is 6.53. The molecule has 0 N–H and O–H groups in total. The lowest BCUT2D eigenvalue weighted by Gasteiger charge is -2.08. The summed E-state index contributed by atoms with van der Waals surface area (Å²) in [6.45, 7) is 1.55. The average Bonchev–Trinajstić information content (AvgIpc) is 3.03. The number of ether oxygens (including phenoxy) is 1. The van der Waals surface area contributed by atoms with Gasteiger partial charge in [0.05, 0.1) is 15.9 Å². The molecule has 0 fully saturated rings. The van der Waals surface area contributed by atoms with Crippen LogP contribution in [0.3, 0.4) is 0 Å². The van der Waals surface area contributed by atoms with Crippen molar-refractivity contribution in [1.82, 2.24) is 9.97 Å². The van der Waals surface area contributed by atoms with Crippen LogP contribution in [0.25, 0.3) is 31.8 Å². The Balaban J connectivity index is 1.81. The molecule has 2 aromatic carbocycles. The summed E-state index contributed by atoms with van der Waals surface area (Å²) in [4.78, 5) is 20.6. The van der Waals surface area contributed by atoms with Crippen LogP contribution in [0.5, 0.6) is 5.75 Å². The Bertz CT molecular complexity index is 1020. The molecule has 0 radical (unpaired) electrons. The number of fused-ring (bicyclic) bond motifs is 2. The zero-order valence-corrected chi connectivity index (χ0v) is 13.8. The summed E-state index contributed by atoms with van der Waals surface area (Å²) < 4.78 is 6.74. The second-order valence-electron chi connectivity index (χ2n) is 5.50. The van der Waals surface area contributed by atoms with Gasteiger partial charge in [0.1, 0.15) is 22.9 Å². The van der Waals surface area contributed by atoms with E-state index in [1.165, 1.54) is 6.92 Å². The summed E-state index contributed by atoms with van der Waals surface area (Å²) >= 11 is 1.61. The fourth-order valence-corrected chi connectivity index (χ4v) is 3.45. The van der Waals surface area contributed by atoms with Crippen LogP contribution in [0.1, 0.15) is 6.92 Å². The Labute approximate surface area is 142 Å². The van der Waals surface area contributed by atoms with Crippen molar-refractivity contribution in [3.05, 3.63) is 54.6 Å². The summed E-state index contributed by atoms with van der Waals surface area (Å²) in [5.74, 6) is 0.597. The molecule has 4 nitrogen and oxygen atoms in total. The van der Waals surface area contributed by atoms with E-state index in [0.717, 1.165) is 31.8 Å². The number of thiazole rings is 1. The number of aromatic nitrogens is 2. The van der Waals surface area contributed by atoms with Crippen LogP contribution >= 0.6 is 11.3 Å². The summed E-state index contributed by atoms with van der Waals surface area (Å²) in [6, 6.07) is 17.7. The predicted octanol–water partition coefficient (Wildman–Crippen LogP) is 4.48. The SMILES string of the molecule is CC(=O)COc1cccc2ccc(-c3nc4ccccc4s3)nc12. The Hall–Kier alpha value is -2.79. The molecule has 2 heterocycles. The van der Waals surface area contributed by atoms with Gasteiger partial charge in [-0.05, 0) is 31.2 Å². The molecule has 0 unspecified atom stereocenters. The number of pyridine rings is 1. The largest absolute Gasteiger partial charge is 0.484 e. The van der Waals surface area contributed by atoms with Gasteiger partial charge in [-0.3, -0.25) is 4.79 Å². The molecule has 0 saturated carbocycles. The van der Waals surface area contributed by atoms with Crippen LogP contribution in [-0.2, 0) is 4.79 Å². The topological polar surface area (TPSA) is 52.1 Å². The zero-order valence-electron chi connectivity index (χ0n) is 13.0. The van der Waals surface area contributed by atoms with Crippen molar-refractivity contribution in [3.8, 4) is 16.5 Å². The molecule has 0 aliphatic rings. The Morgan fingerprint density at radius 2 is 1.92 bits per heavy atom. The fourth-order valence-electron chi connectivity index (χ4n) is 2.52. The van der Waals surface area contributed by atoms with Gasteiger partial charge >= 0.3 is 0 Å². The summed E-state index contributed by atoms with van der Waals surface area (Å²) in [5.41, 5.74) is 2.53. The van der Waals surface area contributed by atoms with Crippen molar-refractivity contribution in [2.45, 2.75) is 6.92 Å². The number of para-hydroxylation sites is 2. The van der Waals surface area contributed by atoms with E-state index in [-0.39, 0.29) is 12.4 Å². The quantitative estimate of drug-likeness (QED) is 0.552. The number of hydrogen-bond acceptors (Lipinski definition) is 5.